The zero-order valence-electron chi connectivity index (χ0n) is 11.7. The van der Waals surface area contributed by atoms with Crippen LogP contribution in [0, 0.1) is 6.92 Å². The van der Waals surface area contributed by atoms with Crippen molar-refractivity contribution >= 4 is 0 Å². The maximum absolute atomic E-state index is 12.2. The Balaban J connectivity index is 2.31. The Morgan fingerprint density at radius 2 is 1.48 bits per heavy atom. The molecule has 0 bridgehead atoms. The molecule has 0 atom stereocenters. The zero-order valence-corrected chi connectivity index (χ0v) is 11.7. The van der Waals surface area contributed by atoms with Gasteiger partial charge in [0.1, 0.15) is 5.75 Å². The number of nitrogens with zero attached hydrogens (tertiary/aromatic N) is 1. The minimum atomic E-state index is -0.240. The first-order valence-corrected chi connectivity index (χ1v) is 6.75. The highest BCUT2D eigenvalue weighted by molar-refractivity contribution is 5.72. The zero-order chi connectivity index (χ0) is 14.8. The van der Waals surface area contributed by atoms with Gasteiger partial charge in [-0.25, -0.2) is 0 Å². The lowest BCUT2D eigenvalue weighted by Gasteiger charge is -2.15. The SMILES string of the molecule is Cc1c(-c2ccccc2)c(O)cc(=O)n1-c1ccccc1. The van der Waals surface area contributed by atoms with Crippen molar-refractivity contribution in [3.63, 3.8) is 0 Å². The molecule has 0 aliphatic carbocycles. The Kier molecular flexibility index (Phi) is 3.32. The van der Waals surface area contributed by atoms with Crippen LogP contribution in [0.3, 0.4) is 0 Å². The van der Waals surface area contributed by atoms with Gasteiger partial charge < -0.3 is 5.11 Å². The van der Waals surface area contributed by atoms with Crippen molar-refractivity contribution in [2.24, 2.45) is 0 Å². The summed E-state index contributed by atoms with van der Waals surface area (Å²) in [5, 5.41) is 10.2. The highest BCUT2D eigenvalue weighted by Crippen LogP contribution is 2.31. The van der Waals surface area contributed by atoms with Crippen LogP contribution in [-0.2, 0) is 0 Å². The van der Waals surface area contributed by atoms with E-state index in [1.54, 1.807) is 4.57 Å². The fourth-order valence-corrected chi connectivity index (χ4v) is 2.58. The lowest BCUT2D eigenvalue weighted by Crippen LogP contribution is -2.20. The number of rotatable bonds is 2. The molecule has 0 fully saturated rings. The monoisotopic (exact) mass is 277 g/mol. The van der Waals surface area contributed by atoms with Gasteiger partial charge in [-0.05, 0) is 24.6 Å². The normalized spacial score (nSPS) is 10.5. The molecule has 3 heteroatoms. The van der Waals surface area contributed by atoms with Crippen LogP contribution < -0.4 is 5.56 Å². The number of benzene rings is 2. The Labute approximate surface area is 122 Å². The van der Waals surface area contributed by atoms with Gasteiger partial charge in [0.25, 0.3) is 5.56 Å². The van der Waals surface area contributed by atoms with Crippen LogP contribution in [0.5, 0.6) is 5.75 Å². The fraction of sp³-hybridized carbons (Fsp3) is 0.0556. The van der Waals surface area contributed by atoms with Crippen LogP contribution >= 0.6 is 0 Å². The van der Waals surface area contributed by atoms with Gasteiger partial charge in [0.05, 0.1) is 0 Å². The molecule has 1 heterocycles. The van der Waals surface area contributed by atoms with Gasteiger partial charge in [-0.2, -0.15) is 0 Å². The smallest absolute Gasteiger partial charge is 0.259 e. The van der Waals surface area contributed by atoms with E-state index in [9.17, 15) is 9.90 Å². The van der Waals surface area contributed by atoms with Gasteiger partial charge >= 0.3 is 0 Å². The van der Waals surface area contributed by atoms with Crippen molar-refractivity contribution in [1.29, 1.82) is 0 Å². The Morgan fingerprint density at radius 3 is 2.10 bits per heavy atom. The number of hydrogen-bond acceptors (Lipinski definition) is 2. The molecule has 2 aromatic carbocycles. The van der Waals surface area contributed by atoms with E-state index < -0.39 is 0 Å². The third kappa shape index (κ3) is 2.34. The summed E-state index contributed by atoms with van der Waals surface area (Å²) in [5.41, 5.74) is 2.83. The first-order valence-electron chi connectivity index (χ1n) is 6.75. The summed E-state index contributed by atoms with van der Waals surface area (Å²) in [4.78, 5) is 12.2. The standard InChI is InChI=1S/C18H15NO2/c1-13-18(14-8-4-2-5-9-14)16(20)12-17(21)19(13)15-10-6-3-7-11-15/h2-12,20H,1H3. The molecule has 1 aromatic heterocycles. The van der Waals surface area contributed by atoms with E-state index in [2.05, 4.69) is 0 Å². The summed E-state index contributed by atoms with van der Waals surface area (Å²) in [6, 6.07) is 20.3. The average Bonchev–Trinajstić information content (AvgIpc) is 2.49. The van der Waals surface area contributed by atoms with Crippen molar-refractivity contribution in [3.8, 4) is 22.6 Å². The fourth-order valence-electron chi connectivity index (χ4n) is 2.58. The van der Waals surface area contributed by atoms with Gasteiger partial charge in [-0.1, -0.05) is 48.5 Å². The van der Waals surface area contributed by atoms with Crippen LogP contribution in [0.4, 0.5) is 0 Å². The van der Waals surface area contributed by atoms with Crippen molar-refractivity contribution in [3.05, 3.63) is 82.8 Å². The number of pyridine rings is 1. The number of hydrogen-bond donors (Lipinski definition) is 1. The molecule has 0 spiro atoms. The molecule has 0 aliphatic rings. The molecule has 0 aliphatic heterocycles. The molecule has 1 N–H and O–H groups in total. The predicted molar refractivity (Wildman–Crippen MR) is 83.9 cm³/mol. The maximum atomic E-state index is 12.2. The van der Waals surface area contributed by atoms with Gasteiger partial charge in [0.15, 0.2) is 0 Å². The van der Waals surface area contributed by atoms with E-state index in [0.717, 1.165) is 16.9 Å². The van der Waals surface area contributed by atoms with E-state index >= 15 is 0 Å². The predicted octanol–water partition coefficient (Wildman–Crippen LogP) is 3.52. The van der Waals surface area contributed by atoms with Crippen molar-refractivity contribution in [1.82, 2.24) is 4.57 Å². The molecule has 21 heavy (non-hydrogen) atoms. The largest absolute Gasteiger partial charge is 0.507 e. The second kappa shape index (κ2) is 5.29. The molecule has 0 radical (unpaired) electrons. The summed E-state index contributed by atoms with van der Waals surface area (Å²) < 4.78 is 1.61. The van der Waals surface area contributed by atoms with Crippen LogP contribution in [0.15, 0.2) is 71.5 Å². The molecule has 104 valence electrons. The Hall–Kier alpha value is -2.81. The third-order valence-corrected chi connectivity index (χ3v) is 3.51. The summed E-state index contributed by atoms with van der Waals surface area (Å²) in [7, 11) is 0. The highest BCUT2D eigenvalue weighted by Gasteiger charge is 2.14. The molecule has 3 nitrogen and oxygen atoms in total. The van der Waals surface area contributed by atoms with Crippen molar-refractivity contribution in [2.45, 2.75) is 6.92 Å². The molecular weight excluding hydrogens is 262 g/mol. The van der Waals surface area contributed by atoms with Crippen LogP contribution in [0.2, 0.25) is 0 Å². The second-order valence-electron chi connectivity index (χ2n) is 4.87. The van der Waals surface area contributed by atoms with E-state index in [-0.39, 0.29) is 11.3 Å². The van der Waals surface area contributed by atoms with Crippen molar-refractivity contribution in [2.75, 3.05) is 0 Å². The van der Waals surface area contributed by atoms with Gasteiger partial charge in [0.2, 0.25) is 0 Å². The topological polar surface area (TPSA) is 42.2 Å². The molecular formula is C18H15NO2. The van der Waals surface area contributed by atoms with Crippen molar-refractivity contribution < 1.29 is 5.11 Å². The lowest BCUT2D eigenvalue weighted by molar-refractivity contribution is 0.474. The first-order chi connectivity index (χ1) is 10.2. The lowest BCUT2D eigenvalue weighted by atomic mass is 10.0. The quantitative estimate of drug-likeness (QED) is 0.778. The number of para-hydroxylation sites is 1. The summed E-state index contributed by atoms with van der Waals surface area (Å²) in [6.07, 6.45) is 0. The summed E-state index contributed by atoms with van der Waals surface area (Å²) >= 11 is 0. The third-order valence-electron chi connectivity index (χ3n) is 3.51. The van der Waals surface area contributed by atoms with Crippen LogP contribution in [0.25, 0.3) is 16.8 Å². The van der Waals surface area contributed by atoms with Crippen LogP contribution in [0.1, 0.15) is 5.69 Å². The summed E-state index contributed by atoms with van der Waals surface area (Å²) in [5.74, 6) is 0.0101. The Morgan fingerprint density at radius 1 is 0.905 bits per heavy atom. The molecule has 0 saturated carbocycles. The van der Waals surface area contributed by atoms with Gasteiger partial charge in [0, 0.05) is 23.0 Å². The van der Waals surface area contributed by atoms with Crippen LogP contribution in [-0.4, -0.2) is 9.67 Å². The van der Waals surface area contributed by atoms with E-state index in [1.807, 2.05) is 67.6 Å². The highest BCUT2D eigenvalue weighted by atomic mass is 16.3. The molecule has 0 amide bonds. The maximum Gasteiger partial charge on any atom is 0.259 e. The average molecular weight is 277 g/mol. The minimum absolute atomic E-state index is 0.0101. The second-order valence-corrected chi connectivity index (χ2v) is 4.87. The molecule has 0 unspecified atom stereocenters. The van der Waals surface area contributed by atoms with Gasteiger partial charge in [-0.3, -0.25) is 9.36 Å². The van der Waals surface area contributed by atoms with E-state index in [4.69, 9.17) is 0 Å². The number of aromatic nitrogens is 1. The van der Waals surface area contributed by atoms with E-state index in [1.165, 1.54) is 6.07 Å². The minimum Gasteiger partial charge on any atom is -0.507 e. The Bertz CT molecular complexity index is 821. The number of aromatic hydroxyl groups is 1. The first kappa shape index (κ1) is 13.2. The molecule has 3 aromatic rings. The molecule has 3 rings (SSSR count). The van der Waals surface area contributed by atoms with Gasteiger partial charge in [-0.15, -0.1) is 0 Å². The molecule has 0 saturated heterocycles. The van der Waals surface area contributed by atoms with E-state index in [0.29, 0.717) is 5.56 Å². The summed E-state index contributed by atoms with van der Waals surface area (Å²) in [6.45, 7) is 1.84.